The zero-order chi connectivity index (χ0) is 16.5. The van der Waals surface area contributed by atoms with Crippen LogP contribution in [0.3, 0.4) is 0 Å². The van der Waals surface area contributed by atoms with Gasteiger partial charge in [0, 0.05) is 29.4 Å². The van der Waals surface area contributed by atoms with Crippen molar-refractivity contribution in [3.63, 3.8) is 0 Å². The highest BCUT2D eigenvalue weighted by Crippen LogP contribution is 2.20. The number of hydrogen-bond acceptors (Lipinski definition) is 4. The molecule has 2 aromatic rings. The van der Waals surface area contributed by atoms with Crippen molar-refractivity contribution in [3.8, 4) is 5.75 Å². The van der Waals surface area contributed by atoms with Gasteiger partial charge in [-0.3, -0.25) is 0 Å². The van der Waals surface area contributed by atoms with Gasteiger partial charge in [0.05, 0.1) is 6.61 Å². The molecule has 2 amide bonds. The number of ether oxygens (including phenoxy) is 1. The van der Waals surface area contributed by atoms with Crippen molar-refractivity contribution in [2.75, 3.05) is 19.8 Å². The topological polar surface area (TPSA) is 70.6 Å². The number of para-hydroxylation sites is 1. The molecule has 1 atom stereocenters. The first-order chi connectivity index (χ1) is 11.2. The molecule has 124 valence electrons. The summed E-state index contributed by atoms with van der Waals surface area (Å²) >= 11 is 1.69. The Kier molecular flexibility index (Phi) is 6.90. The van der Waals surface area contributed by atoms with Gasteiger partial charge in [0.2, 0.25) is 0 Å². The predicted molar refractivity (Wildman–Crippen MR) is 92.0 cm³/mol. The third-order valence-corrected chi connectivity index (χ3v) is 4.46. The number of urea groups is 1. The first-order valence-electron chi connectivity index (χ1n) is 7.57. The summed E-state index contributed by atoms with van der Waals surface area (Å²) in [7, 11) is 0. The van der Waals surface area contributed by atoms with E-state index in [9.17, 15) is 4.79 Å². The number of aliphatic hydroxyl groups is 1. The highest BCUT2D eigenvalue weighted by atomic mass is 32.1. The van der Waals surface area contributed by atoms with Gasteiger partial charge in [0.1, 0.15) is 12.4 Å². The minimum absolute atomic E-state index is 0.0388. The fourth-order valence-corrected chi connectivity index (χ4v) is 2.89. The van der Waals surface area contributed by atoms with Gasteiger partial charge in [-0.2, -0.15) is 0 Å². The van der Waals surface area contributed by atoms with Crippen LogP contribution in [-0.4, -0.2) is 30.9 Å². The zero-order valence-electron chi connectivity index (χ0n) is 13.1. The first-order valence-corrected chi connectivity index (χ1v) is 8.45. The maximum Gasteiger partial charge on any atom is 0.315 e. The second-order valence-electron chi connectivity index (χ2n) is 5.16. The fourth-order valence-electron chi connectivity index (χ4n) is 2.10. The highest BCUT2D eigenvalue weighted by Gasteiger charge is 2.09. The van der Waals surface area contributed by atoms with Crippen LogP contribution in [-0.2, 0) is 6.54 Å². The van der Waals surface area contributed by atoms with E-state index in [0.29, 0.717) is 24.8 Å². The normalized spacial score (nSPS) is 11.7. The number of carbonyl (C=O) groups excluding carboxylic acids is 1. The van der Waals surface area contributed by atoms with Crippen molar-refractivity contribution < 1.29 is 14.6 Å². The van der Waals surface area contributed by atoms with Crippen LogP contribution in [0, 0.1) is 0 Å². The standard InChI is InChI=1S/C17H22N2O3S/c1-13(16-7-4-10-23-16)11-18-17(21)19-12-14-5-2-3-6-15(14)22-9-8-20/h2-7,10,13,20H,8-9,11-12H2,1H3,(H2,18,19,21). The minimum atomic E-state index is -0.203. The van der Waals surface area contributed by atoms with Gasteiger partial charge in [-0.15, -0.1) is 11.3 Å². The third kappa shape index (κ3) is 5.58. The molecule has 2 rings (SSSR count). The van der Waals surface area contributed by atoms with E-state index >= 15 is 0 Å². The second-order valence-corrected chi connectivity index (χ2v) is 6.14. The SMILES string of the molecule is CC(CNC(=O)NCc1ccccc1OCCO)c1cccs1. The molecular formula is C17H22N2O3S. The maximum absolute atomic E-state index is 11.9. The van der Waals surface area contributed by atoms with E-state index in [4.69, 9.17) is 9.84 Å². The van der Waals surface area contributed by atoms with E-state index in [-0.39, 0.29) is 19.2 Å². The zero-order valence-corrected chi connectivity index (χ0v) is 13.9. The molecule has 3 N–H and O–H groups in total. The Labute approximate surface area is 140 Å². The number of thiophene rings is 1. The monoisotopic (exact) mass is 334 g/mol. The molecule has 0 spiro atoms. The first kappa shape index (κ1) is 17.3. The lowest BCUT2D eigenvalue weighted by atomic mass is 10.1. The Balaban J connectivity index is 1.78. The van der Waals surface area contributed by atoms with Gasteiger partial charge < -0.3 is 20.5 Å². The summed E-state index contributed by atoms with van der Waals surface area (Å²) in [5.41, 5.74) is 0.877. The van der Waals surface area contributed by atoms with E-state index in [1.165, 1.54) is 4.88 Å². The number of benzene rings is 1. The molecule has 6 heteroatoms. The van der Waals surface area contributed by atoms with E-state index in [2.05, 4.69) is 23.6 Å². The van der Waals surface area contributed by atoms with E-state index in [1.807, 2.05) is 35.7 Å². The molecule has 0 saturated heterocycles. The Hall–Kier alpha value is -2.05. The number of rotatable bonds is 8. The summed E-state index contributed by atoms with van der Waals surface area (Å²) in [4.78, 5) is 13.2. The summed E-state index contributed by atoms with van der Waals surface area (Å²) in [5, 5.41) is 16.6. The molecule has 1 aromatic carbocycles. The maximum atomic E-state index is 11.9. The number of carbonyl (C=O) groups is 1. The van der Waals surface area contributed by atoms with Crippen LogP contribution in [0.15, 0.2) is 41.8 Å². The fraction of sp³-hybridized carbons (Fsp3) is 0.353. The minimum Gasteiger partial charge on any atom is -0.491 e. The summed E-state index contributed by atoms with van der Waals surface area (Å²) in [6, 6.07) is 11.3. The highest BCUT2D eigenvalue weighted by molar-refractivity contribution is 7.10. The van der Waals surface area contributed by atoms with Crippen LogP contribution in [0.1, 0.15) is 23.3 Å². The van der Waals surface area contributed by atoms with Gasteiger partial charge in [-0.05, 0) is 17.5 Å². The van der Waals surface area contributed by atoms with Crippen LogP contribution < -0.4 is 15.4 Å². The van der Waals surface area contributed by atoms with Crippen molar-refractivity contribution in [1.29, 1.82) is 0 Å². The molecule has 0 radical (unpaired) electrons. The second kappa shape index (κ2) is 9.17. The van der Waals surface area contributed by atoms with Crippen molar-refractivity contribution in [1.82, 2.24) is 10.6 Å². The van der Waals surface area contributed by atoms with Crippen LogP contribution in [0.25, 0.3) is 0 Å². The largest absolute Gasteiger partial charge is 0.491 e. The third-order valence-electron chi connectivity index (χ3n) is 3.36. The van der Waals surface area contributed by atoms with Gasteiger partial charge in [0.15, 0.2) is 0 Å². The van der Waals surface area contributed by atoms with Crippen LogP contribution in [0.5, 0.6) is 5.75 Å². The van der Waals surface area contributed by atoms with Gasteiger partial charge >= 0.3 is 6.03 Å². The molecule has 1 heterocycles. The molecular weight excluding hydrogens is 312 g/mol. The Morgan fingerprint density at radius 3 is 2.83 bits per heavy atom. The van der Waals surface area contributed by atoms with E-state index < -0.39 is 0 Å². The summed E-state index contributed by atoms with van der Waals surface area (Å²) in [6.07, 6.45) is 0. The lowest BCUT2D eigenvalue weighted by Gasteiger charge is -2.14. The van der Waals surface area contributed by atoms with Gasteiger partial charge in [0.25, 0.3) is 0 Å². The summed E-state index contributed by atoms with van der Waals surface area (Å²) in [6.45, 7) is 3.25. The lowest BCUT2D eigenvalue weighted by molar-refractivity contribution is 0.200. The molecule has 1 aromatic heterocycles. The summed E-state index contributed by atoms with van der Waals surface area (Å²) < 4.78 is 5.45. The van der Waals surface area contributed by atoms with E-state index in [1.54, 1.807) is 11.3 Å². The van der Waals surface area contributed by atoms with Gasteiger partial charge in [-0.1, -0.05) is 31.2 Å². The molecule has 0 bridgehead atoms. The lowest BCUT2D eigenvalue weighted by Crippen LogP contribution is -2.37. The average molecular weight is 334 g/mol. The molecule has 0 aliphatic rings. The number of aliphatic hydroxyl groups excluding tert-OH is 1. The van der Waals surface area contributed by atoms with Gasteiger partial charge in [-0.25, -0.2) is 4.79 Å². The molecule has 1 unspecified atom stereocenters. The predicted octanol–water partition coefficient (Wildman–Crippen LogP) is 2.72. The molecule has 5 nitrogen and oxygen atoms in total. The number of hydrogen-bond donors (Lipinski definition) is 3. The van der Waals surface area contributed by atoms with Crippen molar-refractivity contribution >= 4 is 17.4 Å². The van der Waals surface area contributed by atoms with Crippen molar-refractivity contribution in [2.24, 2.45) is 0 Å². The van der Waals surface area contributed by atoms with Crippen molar-refractivity contribution in [2.45, 2.75) is 19.4 Å². The molecule has 0 aliphatic heterocycles. The molecule has 0 saturated carbocycles. The Morgan fingerprint density at radius 2 is 2.09 bits per heavy atom. The van der Waals surface area contributed by atoms with Crippen molar-refractivity contribution in [3.05, 3.63) is 52.2 Å². The Morgan fingerprint density at radius 1 is 1.26 bits per heavy atom. The Bertz CT molecular complexity index is 602. The molecule has 23 heavy (non-hydrogen) atoms. The summed E-state index contributed by atoms with van der Waals surface area (Å²) in [5.74, 6) is 0.967. The molecule has 0 aliphatic carbocycles. The van der Waals surface area contributed by atoms with Crippen LogP contribution in [0.2, 0.25) is 0 Å². The number of nitrogens with one attached hydrogen (secondary N) is 2. The quantitative estimate of drug-likeness (QED) is 0.695. The average Bonchev–Trinajstić information content (AvgIpc) is 3.11. The van der Waals surface area contributed by atoms with Crippen LogP contribution >= 0.6 is 11.3 Å². The number of amides is 2. The van der Waals surface area contributed by atoms with E-state index in [0.717, 1.165) is 5.56 Å². The smallest absolute Gasteiger partial charge is 0.315 e. The van der Waals surface area contributed by atoms with Crippen LogP contribution in [0.4, 0.5) is 4.79 Å². The molecule has 0 fully saturated rings.